The molecule has 0 saturated carbocycles. The summed E-state index contributed by atoms with van der Waals surface area (Å²) in [5, 5.41) is 3.32. The highest BCUT2D eigenvalue weighted by Gasteiger charge is 2.06. The molecule has 1 N–H and O–H groups in total. The van der Waals surface area contributed by atoms with Gasteiger partial charge in [0.25, 0.3) is 0 Å². The molecular formula is C7H15N2O. The highest BCUT2D eigenvalue weighted by molar-refractivity contribution is 4.66. The Kier molecular flexibility index (Phi) is 3.72. The van der Waals surface area contributed by atoms with Gasteiger partial charge in [-0.05, 0) is 13.0 Å². The van der Waals surface area contributed by atoms with E-state index in [1.54, 1.807) is 13.8 Å². The average molecular weight is 143 g/mol. The minimum atomic E-state index is 1.06. The molecule has 0 aromatic rings. The molecule has 1 radical (unpaired) electrons. The molecule has 59 valence electrons. The van der Waals surface area contributed by atoms with Gasteiger partial charge in [-0.2, -0.15) is 0 Å². The maximum atomic E-state index is 4.91. The molecule has 0 amide bonds. The van der Waals surface area contributed by atoms with Crippen molar-refractivity contribution in [2.24, 2.45) is 0 Å². The standard InChI is InChI=1S/C7H15N2O/c1-10-7-9-5-2-3-8-4-6-9/h7-8H,2-6H2,1H3. The van der Waals surface area contributed by atoms with E-state index in [2.05, 4.69) is 10.2 Å². The van der Waals surface area contributed by atoms with E-state index < -0.39 is 0 Å². The van der Waals surface area contributed by atoms with Gasteiger partial charge < -0.3 is 10.1 Å². The molecule has 0 aliphatic carbocycles. The summed E-state index contributed by atoms with van der Waals surface area (Å²) in [6.45, 7) is 6.18. The third-order valence-corrected chi connectivity index (χ3v) is 1.63. The molecule has 10 heavy (non-hydrogen) atoms. The third kappa shape index (κ3) is 2.64. The fraction of sp³-hybridized carbons (Fsp3) is 0.857. The number of nitrogens with zero attached hydrogens (tertiary/aromatic N) is 1. The van der Waals surface area contributed by atoms with E-state index >= 15 is 0 Å². The number of hydrogen-bond acceptors (Lipinski definition) is 3. The quantitative estimate of drug-likeness (QED) is 0.591. The predicted molar refractivity (Wildman–Crippen MR) is 40.4 cm³/mol. The normalized spacial score (nSPS) is 22.5. The van der Waals surface area contributed by atoms with Crippen molar-refractivity contribution < 1.29 is 4.74 Å². The lowest BCUT2D eigenvalue weighted by Crippen LogP contribution is -2.26. The minimum Gasteiger partial charge on any atom is -0.362 e. The lowest BCUT2D eigenvalue weighted by Gasteiger charge is -2.16. The largest absolute Gasteiger partial charge is 0.362 e. The minimum absolute atomic E-state index is 1.06. The van der Waals surface area contributed by atoms with Gasteiger partial charge in [-0.1, -0.05) is 0 Å². The van der Waals surface area contributed by atoms with E-state index in [4.69, 9.17) is 4.74 Å². The van der Waals surface area contributed by atoms with E-state index in [1.165, 1.54) is 6.42 Å². The van der Waals surface area contributed by atoms with Crippen LogP contribution in [0.3, 0.4) is 0 Å². The van der Waals surface area contributed by atoms with Crippen LogP contribution in [0.1, 0.15) is 6.42 Å². The summed E-state index contributed by atoms with van der Waals surface area (Å²) in [4.78, 5) is 2.19. The lowest BCUT2D eigenvalue weighted by atomic mass is 10.4. The molecule has 0 aromatic heterocycles. The van der Waals surface area contributed by atoms with E-state index in [-0.39, 0.29) is 0 Å². The fourth-order valence-corrected chi connectivity index (χ4v) is 1.12. The van der Waals surface area contributed by atoms with Crippen LogP contribution in [0.25, 0.3) is 0 Å². The molecule has 1 aliphatic heterocycles. The van der Waals surface area contributed by atoms with Crippen LogP contribution in [-0.4, -0.2) is 38.2 Å². The SMILES string of the molecule is CO[CH]N1CCCNCC1. The van der Waals surface area contributed by atoms with Gasteiger partial charge in [0.15, 0.2) is 0 Å². The van der Waals surface area contributed by atoms with E-state index in [1.807, 2.05) is 0 Å². The molecule has 0 bridgehead atoms. The van der Waals surface area contributed by atoms with Crippen LogP contribution in [0.5, 0.6) is 0 Å². The Balaban J connectivity index is 2.15. The Labute approximate surface area is 62.3 Å². The summed E-state index contributed by atoms with van der Waals surface area (Å²) in [5.74, 6) is 0. The number of ether oxygens (including phenoxy) is 1. The molecule has 1 fully saturated rings. The monoisotopic (exact) mass is 143 g/mol. The Hall–Kier alpha value is -0.120. The number of nitrogens with one attached hydrogen (secondary N) is 1. The smallest absolute Gasteiger partial charge is 0.150 e. The summed E-state index contributed by atoms with van der Waals surface area (Å²) in [6, 6.07) is 0. The first-order chi connectivity index (χ1) is 4.93. The predicted octanol–water partition coefficient (Wildman–Crippen LogP) is 0.0474. The highest BCUT2D eigenvalue weighted by atomic mass is 16.5. The van der Waals surface area contributed by atoms with Crippen LogP contribution in [-0.2, 0) is 4.74 Å². The third-order valence-electron chi connectivity index (χ3n) is 1.63. The van der Waals surface area contributed by atoms with Gasteiger partial charge in [0.2, 0.25) is 0 Å². The maximum Gasteiger partial charge on any atom is 0.150 e. The summed E-state index contributed by atoms with van der Waals surface area (Å²) in [6.07, 6.45) is 1.21. The molecular weight excluding hydrogens is 128 g/mol. The maximum absolute atomic E-state index is 4.91. The topological polar surface area (TPSA) is 24.5 Å². The second-order valence-electron chi connectivity index (χ2n) is 2.48. The van der Waals surface area contributed by atoms with E-state index in [0.717, 1.165) is 26.2 Å². The second kappa shape index (κ2) is 4.66. The van der Waals surface area contributed by atoms with Crippen molar-refractivity contribution in [2.75, 3.05) is 33.3 Å². The van der Waals surface area contributed by atoms with Gasteiger partial charge >= 0.3 is 0 Å². The fourth-order valence-electron chi connectivity index (χ4n) is 1.12. The molecule has 0 atom stereocenters. The molecule has 0 spiro atoms. The van der Waals surface area contributed by atoms with Crippen LogP contribution in [0, 0.1) is 6.73 Å². The molecule has 3 heteroatoms. The van der Waals surface area contributed by atoms with Gasteiger partial charge in [-0.15, -0.1) is 0 Å². The van der Waals surface area contributed by atoms with E-state index in [0.29, 0.717) is 0 Å². The van der Waals surface area contributed by atoms with Crippen molar-refractivity contribution in [1.29, 1.82) is 0 Å². The zero-order valence-corrected chi connectivity index (χ0v) is 6.47. The second-order valence-corrected chi connectivity index (χ2v) is 2.48. The first-order valence-electron chi connectivity index (χ1n) is 3.74. The zero-order chi connectivity index (χ0) is 7.23. The molecule has 1 rings (SSSR count). The first-order valence-corrected chi connectivity index (χ1v) is 3.74. The van der Waals surface area contributed by atoms with Crippen molar-refractivity contribution >= 4 is 0 Å². The number of methoxy groups -OCH3 is 1. The van der Waals surface area contributed by atoms with Crippen LogP contribution >= 0.6 is 0 Å². The first kappa shape index (κ1) is 7.98. The summed E-state index contributed by atoms with van der Waals surface area (Å²) < 4.78 is 4.91. The van der Waals surface area contributed by atoms with E-state index in [9.17, 15) is 0 Å². The van der Waals surface area contributed by atoms with Crippen molar-refractivity contribution in [3.8, 4) is 0 Å². The van der Waals surface area contributed by atoms with Crippen LogP contribution in [0.2, 0.25) is 0 Å². The highest BCUT2D eigenvalue weighted by Crippen LogP contribution is 1.97. The molecule has 1 saturated heterocycles. The Morgan fingerprint density at radius 1 is 1.40 bits per heavy atom. The van der Waals surface area contributed by atoms with Gasteiger partial charge in [-0.3, -0.25) is 4.90 Å². The lowest BCUT2D eigenvalue weighted by molar-refractivity contribution is 0.144. The summed E-state index contributed by atoms with van der Waals surface area (Å²) in [5.41, 5.74) is 0. The van der Waals surface area contributed by atoms with Crippen molar-refractivity contribution in [2.45, 2.75) is 6.42 Å². The Morgan fingerprint density at radius 2 is 2.30 bits per heavy atom. The van der Waals surface area contributed by atoms with Crippen molar-refractivity contribution in [3.63, 3.8) is 0 Å². The summed E-state index contributed by atoms with van der Waals surface area (Å²) >= 11 is 0. The van der Waals surface area contributed by atoms with Crippen molar-refractivity contribution in [3.05, 3.63) is 6.73 Å². The Bertz CT molecular complexity index is 79.7. The molecule has 1 aliphatic rings. The molecule has 0 unspecified atom stereocenters. The van der Waals surface area contributed by atoms with Gasteiger partial charge in [0, 0.05) is 26.7 Å². The Morgan fingerprint density at radius 3 is 3.10 bits per heavy atom. The molecule has 0 aromatic carbocycles. The molecule has 3 nitrogen and oxygen atoms in total. The zero-order valence-electron chi connectivity index (χ0n) is 6.47. The van der Waals surface area contributed by atoms with Crippen molar-refractivity contribution in [1.82, 2.24) is 10.2 Å². The van der Waals surface area contributed by atoms with Gasteiger partial charge in [0.05, 0.1) is 0 Å². The van der Waals surface area contributed by atoms with Gasteiger partial charge in [0.1, 0.15) is 6.73 Å². The number of rotatable bonds is 2. The van der Waals surface area contributed by atoms with Crippen LogP contribution in [0.15, 0.2) is 0 Å². The number of hydrogen-bond donors (Lipinski definition) is 1. The summed E-state index contributed by atoms with van der Waals surface area (Å²) in [7, 11) is 1.69. The van der Waals surface area contributed by atoms with Gasteiger partial charge in [-0.25, -0.2) is 0 Å². The average Bonchev–Trinajstić information content (AvgIpc) is 2.17. The molecule has 1 heterocycles. The van der Waals surface area contributed by atoms with Crippen LogP contribution in [0.4, 0.5) is 0 Å². The van der Waals surface area contributed by atoms with Crippen LogP contribution < -0.4 is 5.32 Å².